The van der Waals surface area contributed by atoms with Crippen molar-refractivity contribution in [1.29, 1.82) is 0 Å². The van der Waals surface area contributed by atoms with Crippen molar-refractivity contribution >= 4 is 0 Å². The van der Waals surface area contributed by atoms with Gasteiger partial charge in [-0.25, -0.2) is 4.57 Å². The van der Waals surface area contributed by atoms with E-state index in [-0.39, 0.29) is 0 Å². The van der Waals surface area contributed by atoms with E-state index in [2.05, 4.69) is 56.8 Å². The lowest BCUT2D eigenvalue weighted by molar-refractivity contribution is -0.716. The van der Waals surface area contributed by atoms with Crippen LogP contribution in [-0.2, 0) is 6.42 Å². The SMILES string of the molecule is CC(C)Cc1cc[n+](C(C)C)cc1. The lowest BCUT2D eigenvalue weighted by Gasteiger charge is -2.04. The van der Waals surface area contributed by atoms with Crippen LogP contribution >= 0.6 is 0 Å². The Morgan fingerprint density at radius 1 is 1.08 bits per heavy atom. The Kier molecular flexibility index (Phi) is 3.47. The number of rotatable bonds is 3. The molecule has 0 aromatic carbocycles. The molecule has 0 unspecified atom stereocenters. The molecule has 1 heterocycles. The highest BCUT2D eigenvalue weighted by atomic mass is 15.0. The first-order valence-corrected chi connectivity index (χ1v) is 5.09. The molecule has 0 amide bonds. The maximum absolute atomic E-state index is 2.25. The van der Waals surface area contributed by atoms with Crippen molar-refractivity contribution in [2.24, 2.45) is 5.92 Å². The zero-order chi connectivity index (χ0) is 9.84. The molecule has 1 nitrogen and oxygen atoms in total. The molecule has 0 atom stereocenters. The van der Waals surface area contributed by atoms with E-state index in [1.807, 2.05) is 0 Å². The van der Waals surface area contributed by atoms with E-state index in [0.29, 0.717) is 6.04 Å². The molecule has 0 bridgehead atoms. The fraction of sp³-hybridized carbons (Fsp3) is 0.583. The number of aromatic nitrogens is 1. The average Bonchev–Trinajstić information content (AvgIpc) is 2.04. The van der Waals surface area contributed by atoms with Crippen molar-refractivity contribution in [2.75, 3.05) is 0 Å². The number of hydrogen-bond acceptors (Lipinski definition) is 0. The summed E-state index contributed by atoms with van der Waals surface area (Å²) in [5.74, 6) is 0.745. The van der Waals surface area contributed by atoms with Crippen LogP contribution in [0.3, 0.4) is 0 Å². The molecule has 0 radical (unpaired) electrons. The molecule has 0 saturated carbocycles. The maximum atomic E-state index is 2.25. The van der Waals surface area contributed by atoms with Crippen LogP contribution in [0, 0.1) is 5.92 Å². The highest BCUT2D eigenvalue weighted by Gasteiger charge is 2.05. The highest BCUT2D eigenvalue weighted by Crippen LogP contribution is 2.05. The van der Waals surface area contributed by atoms with Gasteiger partial charge in [0.25, 0.3) is 0 Å². The first-order valence-electron chi connectivity index (χ1n) is 5.09. The van der Waals surface area contributed by atoms with Gasteiger partial charge >= 0.3 is 0 Å². The van der Waals surface area contributed by atoms with Crippen LogP contribution in [0.25, 0.3) is 0 Å². The summed E-state index contributed by atoms with van der Waals surface area (Å²) in [4.78, 5) is 0. The van der Waals surface area contributed by atoms with Crippen molar-refractivity contribution in [3.05, 3.63) is 30.1 Å². The first-order chi connectivity index (χ1) is 6.09. The van der Waals surface area contributed by atoms with Crippen LogP contribution in [0.2, 0.25) is 0 Å². The van der Waals surface area contributed by atoms with Gasteiger partial charge in [-0.15, -0.1) is 0 Å². The average molecular weight is 178 g/mol. The highest BCUT2D eigenvalue weighted by molar-refractivity contribution is 5.07. The van der Waals surface area contributed by atoms with Crippen molar-refractivity contribution < 1.29 is 4.57 Å². The molecule has 0 N–H and O–H groups in total. The molecule has 72 valence electrons. The topological polar surface area (TPSA) is 3.88 Å². The van der Waals surface area contributed by atoms with Crippen LogP contribution < -0.4 is 4.57 Å². The quantitative estimate of drug-likeness (QED) is 0.627. The Labute approximate surface area is 81.4 Å². The summed E-state index contributed by atoms with van der Waals surface area (Å²) in [5.41, 5.74) is 1.44. The van der Waals surface area contributed by atoms with Crippen LogP contribution in [0.5, 0.6) is 0 Å². The van der Waals surface area contributed by atoms with Gasteiger partial charge in [-0.05, 0) is 31.7 Å². The second kappa shape index (κ2) is 4.40. The molecule has 1 aromatic heterocycles. The van der Waals surface area contributed by atoms with Crippen molar-refractivity contribution in [1.82, 2.24) is 0 Å². The van der Waals surface area contributed by atoms with Gasteiger partial charge in [-0.3, -0.25) is 0 Å². The normalized spacial score (nSPS) is 11.2. The van der Waals surface area contributed by atoms with E-state index in [9.17, 15) is 0 Å². The lowest BCUT2D eigenvalue weighted by Crippen LogP contribution is -2.34. The van der Waals surface area contributed by atoms with E-state index >= 15 is 0 Å². The van der Waals surface area contributed by atoms with Gasteiger partial charge in [0, 0.05) is 12.1 Å². The molecule has 1 rings (SSSR count). The molecule has 1 aromatic rings. The van der Waals surface area contributed by atoms with Gasteiger partial charge in [-0.1, -0.05) is 13.8 Å². The minimum atomic E-state index is 0.563. The van der Waals surface area contributed by atoms with Gasteiger partial charge in [0.05, 0.1) is 0 Å². The molecule has 0 aliphatic heterocycles. The van der Waals surface area contributed by atoms with E-state index < -0.39 is 0 Å². The minimum Gasteiger partial charge on any atom is -0.203 e. The van der Waals surface area contributed by atoms with Gasteiger partial charge in [0.15, 0.2) is 18.4 Å². The molecule has 0 saturated heterocycles. The van der Waals surface area contributed by atoms with Crippen LogP contribution in [0.15, 0.2) is 24.5 Å². The molecule has 0 spiro atoms. The fourth-order valence-electron chi connectivity index (χ4n) is 1.42. The van der Waals surface area contributed by atoms with Gasteiger partial charge in [0.2, 0.25) is 0 Å². The third-order valence-corrected chi connectivity index (χ3v) is 2.16. The standard InChI is InChI=1S/C12H20N/c1-10(2)9-12-5-7-13(8-6-12)11(3)4/h5-8,10-11H,9H2,1-4H3/q+1. The Balaban J connectivity index is 2.70. The van der Waals surface area contributed by atoms with Crippen LogP contribution in [0.1, 0.15) is 39.3 Å². The summed E-state index contributed by atoms with van der Waals surface area (Å²) in [7, 11) is 0. The molecular formula is C12H20N+. The summed E-state index contributed by atoms with van der Waals surface area (Å²) in [6.07, 6.45) is 5.52. The smallest absolute Gasteiger partial charge is 0.169 e. The molecule has 13 heavy (non-hydrogen) atoms. The van der Waals surface area contributed by atoms with E-state index in [0.717, 1.165) is 5.92 Å². The van der Waals surface area contributed by atoms with Gasteiger partial charge in [-0.2, -0.15) is 0 Å². The number of pyridine rings is 1. The van der Waals surface area contributed by atoms with Gasteiger partial charge < -0.3 is 0 Å². The number of nitrogens with zero attached hydrogens (tertiary/aromatic N) is 1. The largest absolute Gasteiger partial charge is 0.203 e. The predicted octanol–water partition coefficient (Wildman–Crippen LogP) is 2.75. The van der Waals surface area contributed by atoms with Crippen molar-refractivity contribution in [3.8, 4) is 0 Å². The van der Waals surface area contributed by atoms with E-state index in [1.165, 1.54) is 12.0 Å². The molecule has 0 aliphatic carbocycles. The maximum Gasteiger partial charge on any atom is 0.169 e. The summed E-state index contributed by atoms with van der Waals surface area (Å²) in [6, 6.07) is 5.01. The zero-order valence-electron chi connectivity index (χ0n) is 9.12. The molecule has 0 fully saturated rings. The minimum absolute atomic E-state index is 0.563. The Morgan fingerprint density at radius 2 is 1.62 bits per heavy atom. The van der Waals surface area contributed by atoms with Crippen molar-refractivity contribution in [3.63, 3.8) is 0 Å². The van der Waals surface area contributed by atoms with Crippen molar-refractivity contribution in [2.45, 2.75) is 40.2 Å². The third-order valence-electron chi connectivity index (χ3n) is 2.16. The lowest BCUT2D eigenvalue weighted by atomic mass is 10.0. The zero-order valence-corrected chi connectivity index (χ0v) is 9.12. The molecular weight excluding hydrogens is 158 g/mol. The third kappa shape index (κ3) is 3.17. The summed E-state index contributed by atoms with van der Waals surface area (Å²) in [6.45, 7) is 8.90. The first kappa shape index (κ1) is 10.2. The Hall–Kier alpha value is -0.850. The predicted molar refractivity (Wildman–Crippen MR) is 55.6 cm³/mol. The molecule has 0 aliphatic rings. The second-order valence-corrected chi connectivity index (χ2v) is 4.35. The van der Waals surface area contributed by atoms with E-state index in [1.54, 1.807) is 0 Å². The van der Waals surface area contributed by atoms with Crippen LogP contribution in [-0.4, -0.2) is 0 Å². The summed E-state index contributed by atoms with van der Waals surface area (Å²) < 4.78 is 2.23. The van der Waals surface area contributed by atoms with Crippen LogP contribution in [0.4, 0.5) is 0 Å². The fourth-order valence-corrected chi connectivity index (χ4v) is 1.42. The Bertz CT molecular complexity index is 246. The van der Waals surface area contributed by atoms with E-state index in [4.69, 9.17) is 0 Å². The Morgan fingerprint density at radius 3 is 2.00 bits per heavy atom. The summed E-state index contributed by atoms with van der Waals surface area (Å²) in [5, 5.41) is 0. The molecule has 1 heteroatoms. The monoisotopic (exact) mass is 178 g/mol. The second-order valence-electron chi connectivity index (χ2n) is 4.35. The number of hydrogen-bond donors (Lipinski definition) is 0. The summed E-state index contributed by atoms with van der Waals surface area (Å²) >= 11 is 0. The van der Waals surface area contributed by atoms with Gasteiger partial charge in [0.1, 0.15) is 0 Å².